The van der Waals surface area contributed by atoms with Gasteiger partial charge < -0.3 is 20.4 Å². The quantitative estimate of drug-likeness (QED) is 0.783. The van der Waals surface area contributed by atoms with Crippen molar-refractivity contribution in [1.29, 1.82) is 0 Å². The van der Waals surface area contributed by atoms with E-state index < -0.39 is 5.91 Å². The Morgan fingerprint density at radius 2 is 2.05 bits per heavy atom. The zero-order valence-corrected chi connectivity index (χ0v) is 12.2. The van der Waals surface area contributed by atoms with E-state index in [1.54, 1.807) is 0 Å². The van der Waals surface area contributed by atoms with Crippen molar-refractivity contribution in [1.82, 2.24) is 4.57 Å². The number of anilines is 1. The maximum Gasteiger partial charge on any atom is 0.255 e. The van der Waals surface area contributed by atoms with Crippen molar-refractivity contribution in [2.45, 2.75) is 26.4 Å². The molecule has 0 fully saturated rings. The first-order valence-electron chi connectivity index (χ1n) is 7.07. The van der Waals surface area contributed by atoms with Crippen LogP contribution in [0.25, 0.3) is 0 Å². The Hall–Kier alpha value is -2.43. The number of carbonyl (C=O) groups excluding carboxylic acids is 1. The molecule has 2 rings (SSSR count). The Morgan fingerprint density at radius 3 is 2.71 bits per heavy atom. The van der Waals surface area contributed by atoms with Gasteiger partial charge in [-0.15, -0.1) is 0 Å². The summed E-state index contributed by atoms with van der Waals surface area (Å²) in [4.78, 5) is 10.6. The number of rotatable bonds is 8. The van der Waals surface area contributed by atoms with Crippen molar-refractivity contribution in [2.24, 2.45) is 5.73 Å². The van der Waals surface area contributed by atoms with E-state index in [1.165, 1.54) is 5.56 Å². The number of nitrogens with zero attached hydrogens (tertiary/aromatic N) is 1. The normalized spacial score (nSPS) is 10.3. The van der Waals surface area contributed by atoms with Crippen molar-refractivity contribution in [2.75, 3.05) is 11.9 Å². The highest BCUT2D eigenvalue weighted by atomic mass is 16.5. The maximum absolute atomic E-state index is 10.6. The molecule has 0 radical (unpaired) electrons. The van der Waals surface area contributed by atoms with E-state index in [4.69, 9.17) is 10.5 Å². The monoisotopic (exact) mass is 287 g/mol. The summed E-state index contributed by atoms with van der Waals surface area (Å²) in [6, 6.07) is 9.58. The summed E-state index contributed by atoms with van der Waals surface area (Å²) < 4.78 is 7.40. The Kier molecular flexibility index (Phi) is 5.26. The van der Waals surface area contributed by atoms with Gasteiger partial charge in [0.05, 0.1) is 0 Å². The number of hydrogen-bond acceptors (Lipinski definition) is 3. The van der Waals surface area contributed by atoms with Crippen molar-refractivity contribution in [3.05, 3.63) is 48.3 Å². The lowest BCUT2D eigenvalue weighted by molar-refractivity contribution is -0.119. The highest BCUT2D eigenvalue weighted by molar-refractivity contribution is 5.75. The number of aromatic nitrogens is 1. The van der Waals surface area contributed by atoms with Crippen molar-refractivity contribution >= 4 is 11.6 Å². The molecule has 0 unspecified atom stereocenters. The molecule has 0 atom stereocenters. The highest BCUT2D eigenvalue weighted by Gasteiger charge is 1.99. The zero-order valence-electron chi connectivity index (χ0n) is 12.2. The van der Waals surface area contributed by atoms with Gasteiger partial charge in [0.1, 0.15) is 5.75 Å². The van der Waals surface area contributed by atoms with Gasteiger partial charge in [-0.1, -0.05) is 6.92 Å². The van der Waals surface area contributed by atoms with Crippen molar-refractivity contribution < 1.29 is 9.53 Å². The predicted octanol–water partition coefficient (Wildman–Crippen LogP) is 2.37. The summed E-state index contributed by atoms with van der Waals surface area (Å²) in [7, 11) is 0. The molecule has 0 aliphatic rings. The van der Waals surface area contributed by atoms with Crippen LogP contribution < -0.4 is 15.8 Å². The fraction of sp³-hybridized carbons (Fsp3) is 0.312. The number of aryl methyl sites for hydroxylation is 1. The number of benzene rings is 1. The fourth-order valence-corrected chi connectivity index (χ4v) is 2.02. The first-order chi connectivity index (χ1) is 10.2. The molecule has 1 heterocycles. The Labute approximate surface area is 124 Å². The summed E-state index contributed by atoms with van der Waals surface area (Å²) in [5.74, 6) is 0.155. The van der Waals surface area contributed by atoms with Gasteiger partial charge in [0.25, 0.3) is 5.91 Å². The third-order valence-corrected chi connectivity index (χ3v) is 3.03. The van der Waals surface area contributed by atoms with E-state index in [0.717, 1.165) is 25.2 Å². The minimum atomic E-state index is -0.478. The van der Waals surface area contributed by atoms with E-state index in [2.05, 4.69) is 35.3 Å². The van der Waals surface area contributed by atoms with E-state index in [1.807, 2.05) is 24.3 Å². The van der Waals surface area contributed by atoms with Gasteiger partial charge in [0.2, 0.25) is 0 Å². The predicted molar refractivity (Wildman–Crippen MR) is 83.2 cm³/mol. The lowest BCUT2D eigenvalue weighted by Gasteiger charge is -2.07. The molecule has 1 aromatic heterocycles. The Bertz CT molecular complexity index is 575. The molecule has 5 heteroatoms. The average Bonchev–Trinajstić information content (AvgIpc) is 2.92. The third kappa shape index (κ3) is 4.87. The Balaban J connectivity index is 1.83. The molecule has 1 aromatic carbocycles. The van der Waals surface area contributed by atoms with Crippen LogP contribution >= 0.6 is 0 Å². The molecule has 0 saturated heterocycles. The van der Waals surface area contributed by atoms with Crippen LogP contribution in [0.1, 0.15) is 18.9 Å². The molecule has 1 amide bonds. The van der Waals surface area contributed by atoms with Crippen LogP contribution in [0, 0.1) is 0 Å². The van der Waals surface area contributed by atoms with Gasteiger partial charge in [0.15, 0.2) is 6.61 Å². The topological polar surface area (TPSA) is 69.3 Å². The number of hydrogen-bond donors (Lipinski definition) is 2. The molecule has 0 spiro atoms. The van der Waals surface area contributed by atoms with Crippen LogP contribution in [0.4, 0.5) is 5.69 Å². The van der Waals surface area contributed by atoms with E-state index in [-0.39, 0.29) is 6.61 Å². The minimum absolute atomic E-state index is 0.0995. The lowest BCUT2D eigenvalue weighted by atomic mass is 10.3. The molecule has 0 bridgehead atoms. The van der Waals surface area contributed by atoms with Gasteiger partial charge in [-0.05, 0) is 42.3 Å². The molecule has 0 aliphatic heterocycles. The second kappa shape index (κ2) is 7.38. The van der Waals surface area contributed by atoms with Crippen LogP contribution in [0.5, 0.6) is 5.75 Å². The Morgan fingerprint density at radius 1 is 1.29 bits per heavy atom. The van der Waals surface area contributed by atoms with Gasteiger partial charge in [0, 0.05) is 31.2 Å². The van der Waals surface area contributed by atoms with Crippen molar-refractivity contribution in [3.63, 3.8) is 0 Å². The summed E-state index contributed by atoms with van der Waals surface area (Å²) in [6.07, 6.45) is 5.39. The smallest absolute Gasteiger partial charge is 0.255 e. The first-order valence-corrected chi connectivity index (χ1v) is 7.07. The second-order valence-electron chi connectivity index (χ2n) is 4.89. The standard InChI is InChI=1S/C16H21N3O2/c1-2-8-19-9-7-13(11-19)10-18-14-3-5-15(6-4-14)21-12-16(17)20/h3-7,9,11,18H,2,8,10,12H2,1H3,(H2,17,20). The fourth-order valence-electron chi connectivity index (χ4n) is 2.02. The van der Waals surface area contributed by atoms with E-state index >= 15 is 0 Å². The summed E-state index contributed by atoms with van der Waals surface area (Å²) in [6.45, 7) is 3.89. The number of nitrogens with one attached hydrogen (secondary N) is 1. The summed E-state index contributed by atoms with van der Waals surface area (Å²) in [5.41, 5.74) is 7.28. The van der Waals surface area contributed by atoms with Gasteiger partial charge in [-0.25, -0.2) is 0 Å². The number of ether oxygens (including phenoxy) is 1. The molecule has 112 valence electrons. The molecule has 2 aromatic rings. The van der Waals surface area contributed by atoms with Crippen LogP contribution in [0.15, 0.2) is 42.7 Å². The van der Waals surface area contributed by atoms with Crippen LogP contribution in [-0.2, 0) is 17.9 Å². The lowest BCUT2D eigenvalue weighted by Crippen LogP contribution is -2.19. The van der Waals surface area contributed by atoms with Crippen LogP contribution in [0.2, 0.25) is 0 Å². The van der Waals surface area contributed by atoms with E-state index in [0.29, 0.717) is 5.75 Å². The maximum atomic E-state index is 10.6. The molecule has 0 aliphatic carbocycles. The number of amides is 1. The van der Waals surface area contributed by atoms with Crippen molar-refractivity contribution in [3.8, 4) is 5.75 Å². The van der Waals surface area contributed by atoms with Gasteiger partial charge in [-0.3, -0.25) is 4.79 Å². The molecule has 3 N–H and O–H groups in total. The largest absolute Gasteiger partial charge is 0.484 e. The molecule has 21 heavy (non-hydrogen) atoms. The zero-order chi connectivity index (χ0) is 15.1. The van der Waals surface area contributed by atoms with Crippen LogP contribution in [0.3, 0.4) is 0 Å². The summed E-state index contributed by atoms with van der Waals surface area (Å²) >= 11 is 0. The number of primary amides is 1. The van der Waals surface area contributed by atoms with Crippen LogP contribution in [-0.4, -0.2) is 17.1 Å². The molecular weight excluding hydrogens is 266 g/mol. The summed E-state index contributed by atoms with van der Waals surface area (Å²) in [5, 5.41) is 3.35. The highest BCUT2D eigenvalue weighted by Crippen LogP contribution is 2.16. The first kappa shape index (κ1) is 15.0. The number of carbonyl (C=O) groups is 1. The minimum Gasteiger partial charge on any atom is -0.484 e. The molecular formula is C16H21N3O2. The second-order valence-corrected chi connectivity index (χ2v) is 4.89. The third-order valence-electron chi connectivity index (χ3n) is 3.03. The SMILES string of the molecule is CCCn1ccc(CNc2ccc(OCC(N)=O)cc2)c1. The number of nitrogens with two attached hydrogens (primary N) is 1. The average molecular weight is 287 g/mol. The van der Waals surface area contributed by atoms with Gasteiger partial charge >= 0.3 is 0 Å². The molecule has 0 saturated carbocycles. The van der Waals surface area contributed by atoms with E-state index in [9.17, 15) is 4.79 Å². The van der Waals surface area contributed by atoms with Gasteiger partial charge in [-0.2, -0.15) is 0 Å². The molecule has 5 nitrogen and oxygen atoms in total.